The van der Waals surface area contributed by atoms with Gasteiger partial charge in [0.2, 0.25) is 0 Å². The second-order valence-corrected chi connectivity index (χ2v) is 2.24. The number of hydrogen-bond donors (Lipinski definition) is 1. The molecule has 0 rings (SSSR count). The summed E-state index contributed by atoms with van der Waals surface area (Å²) >= 11 is 0. The van der Waals surface area contributed by atoms with Gasteiger partial charge in [0.25, 0.3) is 0 Å². The van der Waals surface area contributed by atoms with Crippen molar-refractivity contribution in [1.82, 2.24) is 0 Å². The van der Waals surface area contributed by atoms with Crippen LogP contribution in [0.1, 0.15) is 20.3 Å². The van der Waals surface area contributed by atoms with Crippen LogP contribution in [0.25, 0.3) is 0 Å². The van der Waals surface area contributed by atoms with Gasteiger partial charge in [0.1, 0.15) is 5.78 Å². The second kappa shape index (κ2) is 4.00. The summed E-state index contributed by atoms with van der Waals surface area (Å²) in [6.45, 7) is 3.01. The van der Waals surface area contributed by atoms with Gasteiger partial charge in [0.05, 0.1) is 5.92 Å². The van der Waals surface area contributed by atoms with Gasteiger partial charge in [-0.25, -0.2) is 0 Å². The molecule has 1 atom stereocenters. The fourth-order valence-electron chi connectivity index (χ4n) is 0.631. The first-order valence-electron chi connectivity index (χ1n) is 2.98. The van der Waals surface area contributed by atoms with E-state index in [0.717, 1.165) is 0 Å². The van der Waals surface area contributed by atoms with Crippen molar-refractivity contribution in [1.29, 1.82) is 0 Å². The summed E-state index contributed by atoms with van der Waals surface area (Å²) in [5.41, 5.74) is 0. The standard InChI is InChI=1S/C6H11NO3/c1-4(3-5(2)8)6(9)10-7/h4H,3,7H2,1-2H3/t4-/m1/s1. The maximum Gasteiger partial charge on any atom is 0.327 e. The molecule has 2 N–H and O–H groups in total. The molecule has 4 nitrogen and oxygen atoms in total. The molecule has 0 aliphatic rings. The minimum atomic E-state index is -0.546. The minimum absolute atomic E-state index is 0.0436. The quantitative estimate of drug-likeness (QED) is 0.568. The van der Waals surface area contributed by atoms with E-state index in [9.17, 15) is 9.59 Å². The first-order valence-corrected chi connectivity index (χ1v) is 2.98. The fourth-order valence-corrected chi connectivity index (χ4v) is 0.631. The Labute approximate surface area is 59.3 Å². The molecule has 0 saturated heterocycles. The predicted octanol–water partition coefficient (Wildman–Crippen LogP) is 0.0185. The summed E-state index contributed by atoms with van der Waals surface area (Å²) < 4.78 is 0. The summed E-state index contributed by atoms with van der Waals surface area (Å²) in [5.74, 6) is 3.57. The number of carbonyl (C=O) groups is 2. The summed E-state index contributed by atoms with van der Waals surface area (Å²) in [6.07, 6.45) is 0.191. The zero-order valence-corrected chi connectivity index (χ0v) is 6.09. The van der Waals surface area contributed by atoms with Gasteiger partial charge in [-0.2, -0.15) is 5.90 Å². The molecule has 0 aliphatic heterocycles. The van der Waals surface area contributed by atoms with Gasteiger partial charge in [0, 0.05) is 6.42 Å². The Morgan fingerprint density at radius 3 is 2.40 bits per heavy atom. The highest BCUT2D eigenvalue weighted by atomic mass is 16.7. The average molecular weight is 145 g/mol. The molecule has 0 aromatic carbocycles. The summed E-state index contributed by atoms with van der Waals surface area (Å²) in [4.78, 5) is 24.9. The SMILES string of the molecule is CC(=O)C[C@@H](C)C(=O)ON. The van der Waals surface area contributed by atoms with Gasteiger partial charge in [-0.3, -0.25) is 4.79 Å². The lowest BCUT2D eigenvalue weighted by atomic mass is 10.1. The largest absolute Gasteiger partial charge is 0.373 e. The number of ketones is 1. The molecule has 58 valence electrons. The van der Waals surface area contributed by atoms with Gasteiger partial charge >= 0.3 is 5.97 Å². The first-order chi connectivity index (χ1) is 4.57. The molecule has 0 aromatic rings. The molecule has 0 heterocycles. The van der Waals surface area contributed by atoms with E-state index >= 15 is 0 Å². The molecule has 0 saturated carbocycles. The zero-order chi connectivity index (χ0) is 8.15. The van der Waals surface area contributed by atoms with Crippen LogP contribution in [0.3, 0.4) is 0 Å². The average Bonchev–Trinajstić information content (AvgIpc) is 1.85. The Hall–Kier alpha value is -0.900. The Morgan fingerprint density at radius 1 is 1.60 bits per heavy atom. The number of hydrogen-bond acceptors (Lipinski definition) is 4. The zero-order valence-electron chi connectivity index (χ0n) is 6.09. The van der Waals surface area contributed by atoms with Gasteiger partial charge in [-0.1, -0.05) is 6.92 Å². The Balaban J connectivity index is 3.72. The molecule has 0 unspecified atom stereocenters. The van der Waals surface area contributed by atoms with E-state index in [1.807, 2.05) is 0 Å². The third-order valence-corrected chi connectivity index (χ3v) is 1.11. The molecular formula is C6H11NO3. The lowest BCUT2D eigenvalue weighted by molar-refractivity contribution is -0.149. The van der Waals surface area contributed by atoms with Crippen LogP contribution in [0.5, 0.6) is 0 Å². The van der Waals surface area contributed by atoms with Crippen LogP contribution in [0.15, 0.2) is 0 Å². The van der Waals surface area contributed by atoms with Crippen LogP contribution in [0.2, 0.25) is 0 Å². The highest BCUT2D eigenvalue weighted by Gasteiger charge is 2.14. The summed E-state index contributed by atoms with van der Waals surface area (Å²) in [5, 5.41) is 0. The topological polar surface area (TPSA) is 69.4 Å². The lowest BCUT2D eigenvalue weighted by Crippen LogP contribution is -2.20. The van der Waals surface area contributed by atoms with Crippen molar-refractivity contribution in [2.24, 2.45) is 11.8 Å². The van der Waals surface area contributed by atoms with Crippen molar-refractivity contribution in [3.8, 4) is 0 Å². The van der Waals surface area contributed by atoms with Gasteiger partial charge in [0.15, 0.2) is 0 Å². The van der Waals surface area contributed by atoms with Crippen molar-refractivity contribution in [2.75, 3.05) is 0 Å². The maximum atomic E-state index is 10.5. The molecule has 0 aliphatic carbocycles. The lowest BCUT2D eigenvalue weighted by Gasteiger charge is -2.03. The summed E-state index contributed by atoms with van der Waals surface area (Å²) in [7, 11) is 0. The number of Topliss-reactive ketones (excluding diaryl/α,β-unsaturated/α-hetero) is 1. The number of rotatable bonds is 3. The molecular weight excluding hydrogens is 134 g/mol. The van der Waals surface area contributed by atoms with Crippen LogP contribution in [0, 0.1) is 5.92 Å². The van der Waals surface area contributed by atoms with E-state index in [1.165, 1.54) is 6.92 Å². The normalized spacial score (nSPS) is 12.3. The van der Waals surface area contributed by atoms with Gasteiger partial charge in [-0.15, -0.1) is 0 Å². The molecule has 0 radical (unpaired) electrons. The smallest absolute Gasteiger partial charge is 0.327 e. The van der Waals surface area contributed by atoms with Crippen LogP contribution in [0.4, 0.5) is 0 Å². The van der Waals surface area contributed by atoms with E-state index in [4.69, 9.17) is 0 Å². The molecule has 10 heavy (non-hydrogen) atoms. The maximum absolute atomic E-state index is 10.5. The Morgan fingerprint density at radius 2 is 2.10 bits per heavy atom. The predicted molar refractivity (Wildman–Crippen MR) is 34.7 cm³/mol. The van der Waals surface area contributed by atoms with Crippen LogP contribution >= 0.6 is 0 Å². The highest BCUT2D eigenvalue weighted by Crippen LogP contribution is 2.02. The van der Waals surface area contributed by atoms with E-state index in [2.05, 4.69) is 10.7 Å². The molecule has 0 bridgehead atoms. The Bertz CT molecular complexity index is 144. The number of carbonyl (C=O) groups excluding carboxylic acids is 2. The minimum Gasteiger partial charge on any atom is -0.373 e. The molecule has 0 fully saturated rings. The van der Waals surface area contributed by atoms with Crippen LogP contribution < -0.4 is 5.90 Å². The monoisotopic (exact) mass is 145 g/mol. The van der Waals surface area contributed by atoms with E-state index in [1.54, 1.807) is 6.92 Å². The van der Waals surface area contributed by atoms with Crippen molar-refractivity contribution in [3.05, 3.63) is 0 Å². The van der Waals surface area contributed by atoms with Crippen molar-refractivity contribution in [3.63, 3.8) is 0 Å². The second-order valence-electron chi connectivity index (χ2n) is 2.24. The first kappa shape index (κ1) is 9.10. The van der Waals surface area contributed by atoms with Gasteiger partial charge < -0.3 is 9.63 Å². The molecule has 0 spiro atoms. The van der Waals surface area contributed by atoms with E-state index in [0.29, 0.717) is 0 Å². The van der Waals surface area contributed by atoms with Crippen LogP contribution in [-0.2, 0) is 14.4 Å². The van der Waals surface area contributed by atoms with Crippen molar-refractivity contribution in [2.45, 2.75) is 20.3 Å². The van der Waals surface area contributed by atoms with E-state index in [-0.39, 0.29) is 12.2 Å². The number of nitrogens with two attached hydrogens (primary N) is 1. The molecule has 0 amide bonds. The highest BCUT2D eigenvalue weighted by molar-refractivity contribution is 5.82. The summed E-state index contributed by atoms with van der Waals surface area (Å²) in [6, 6.07) is 0. The van der Waals surface area contributed by atoms with Gasteiger partial charge in [-0.05, 0) is 6.92 Å². The third-order valence-electron chi connectivity index (χ3n) is 1.11. The van der Waals surface area contributed by atoms with Crippen molar-refractivity contribution >= 4 is 11.8 Å². The van der Waals surface area contributed by atoms with Crippen molar-refractivity contribution < 1.29 is 14.4 Å². The fraction of sp³-hybridized carbons (Fsp3) is 0.667. The molecule has 0 aromatic heterocycles. The molecule has 4 heteroatoms. The van der Waals surface area contributed by atoms with E-state index < -0.39 is 11.9 Å². The Kier molecular flexibility index (Phi) is 3.64. The van der Waals surface area contributed by atoms with Crippen LogP contribution in [-0.4, -0.2) is 11.8 Å². The third kappa shape index (κ3) is 3.19.